The van der Waals surface area contributed by atoms with Gasteiger partial charge in [-0.3, -0.25) is 5.73 Å². The fourth-order valence-corrected chi connectivity index (χ4v) is 2.48. The predicted molar refractivity (Wildman–Crippen MR) is 101 cm³/mol. The average molecular weight is 323 g/mol. The Morgan fingerprint density at radius 1 is 1.08 bits per heavy atom. The molecule has 2 aromatic rings. The van der Waals surface area contributed by atoms with Gasteiger partial charge >= 0.3 is 0 Å². The number of allylic oxidation sites excluding steroid dienone is 1. The number of hydrogen-bond donors (Lipinski definition) is 1. The van der Waals surface area contributed by atoms with Crippen LogP contribution in [-0.2, 0) is 6.42 Å². The Kier molecular flexibility index (Phi) is 6.64. The zero-order valence-corrected chi connectivity index (χ0v) is 14.4. The van der Waals surface area contributed by atoms with Gasteiger partial charge in [-0.15, -0.1) is 6.58 Å². The van der Waals surface area contributed by atoms with Gasteiger partial charge in [-0.2, -0.15) is 0 Å². The minimum absolute atomic E-state index is 0.134. The monoisotopic (exact) mass is 323 g/mol. The Morgan fingerprint density at radius 3 is 2.38 bits per heavy atom. The number of hydrogen-bond acceptors (Lipinski definition) is 3. The summed E-state index contributed by atoms with van der Waals surface area (Å²) < 4.78 is 11.2. The van der Waals surface area contributed by atoms with Crippen LogP contribution in [0.4, 0.5) is 0 Å². The summed E-state index contributed by atoms with van der Waals surface area (Å²) in [5, 5.41) is 0. The van der Waals surface area contributed by atoms with E-state index in [0.717, 1.165) is 46.6 Å². The number of methoxy groups -OCH3 is 1. The first-order valence-corrected chi connectivity index (χ1v) is 8.05. The van der Waals surface area contributed by atoms with E-state index in [-0.39, 0.29) is 6.73 Å². The first-order chi connectivity index (χ1) is 11.6. The lowest BCUT2D eigenvalue weighted by atomic mass is 10.0. The van der Waals surface area contributed by atoms with Gasteiger partial charge in [0.25, 0.3) is 0 Å². The molecular weight excluding hydrogens is 298 g/mol. The zero-order chi connectivity index (χ0) is 17.4. The van der Waals surface area contributed by atoms with Crippen molar-refractivity contribution in [1.29, 1.82) is 0 Å². The van der Waals surface area contributed by atoms with Crippen LogP contribution in [0.25, 0.3) is 12.2 Å². The molecule has 0 unspecified atom stereocenters. The van der Waals surface area contributed by atoms with Crippen molar-refractivity contribution in [2.24, 2.45) is 5.73 Å². The van der Waals surface area contributed by atoms with Crippen LogP contribution in [0.15, 0.2) is 54.6 Å². The Morgan fingerprint density at radius 2 is 1.75 bits per heavy atom. The molecule has 0 radical (unpaired) electrons. The highest BCUT2D eigenvalue weighted by molar-refractivity contribution is 5.71. The van der Waals surface area contributed by atoms with E-state index in [1.807, 2.05) is 43.3 Å². The van der Waals surface area contributed by atoms with Gasteiger partial charge in [0.1, 0.15) is 18.2 Å². The largest absolute Gasteiger partial charge is 0.496 e. The maximum absolute atomic E-state index is 5.64. The molecule has 2 rings (SSSR count). The second kappa shape index (κ2) is 8.94. The van der Waals surface area contributed by atoms with Gasteiger partial charge in [-0.05, 0) is 43.0 Å². The summed E-state index contributed by atoms with van der Waals surface area (Å²) in [6, 6.07) is 14.2. The van der Waals surface area contributed by atoms with E-state index in [1.54, 1.807) is 7.11 Å². The van der Waals surface area contributed by atoms with E-state index in [0.29, 0.717) is 0 Å². The highest BCUT2D eigenvalue weighted by Crippen LogP contribution is 2.33. The van der Waals surface area contributed by atoms with Crippen LogP contribution in [0.5, 0.6) is 11.5 Å². The fraction of sp³-hybridized carbons (Fsp3) is 0.238. The van der Waals surface area contributed by atoms with Gasteiger partial charge in [0.2, 0.25) is 0 Å². The van der Waals surface area contributed by atoms with E-state index in [1.165, 1.54) is 0 Å². The summed E-state index contributed by atoms with van der Waals surface area (Å²) in [4.78, 5) is 0. The van der Waals surface area contributed by atoms with E-state index < -0.39 is 0 Å². The molecule has 0 heterocycles. The molecule has 0 aliphatic heterocycles. The molecule has 24 heavy (non-hydrogen) atoms. The summed E-state index contributed by atoms with van der Waals surface area (Å²) in [7, 11) is 1.68. The van der Waals surface area contributed by atoms with Gasteiger partial charge in [-0.1, -0.05) is 48.1 Å². The van der Waals surface area contributed by atoms with E-state index in [2.05, 4.69) is 24.8 Å². The zero-order valence-electron chi connectivity index (χ0n) is 14.4. The highest BCUT2D eigenvalue weighted by Gasteiger charge is 2.12. The minimum Gasteiger partial charge on any atom is -0.496 e. The molecule has 3 heteroatoms. The minimum atomic E-state index is 0.134. The van der Waals surface area contributed by atoms with Gasteiger partial charge < -0.3 is 9.47 Å². The summed E-state index contributed by atoms with van der Waals surface area (Å²) >= 11 is 0. The smallest absolute Gasteiger partial charge is 0.137 e. The Labute approximate surface area is 144 Å². The first-order valence-electron chi connectivity index (χ1n) is 8.05. The van der Waals surface area contributed by atoms with Crippen molar-refractivity contribution < 1.29 is 9.47 Å². The number of benzene rings is 2. The molecule has 0 aliphatic carbocycles. The third-order valence-corrected chi connectivity index (χ3v) is 3.72. The summed E-state index contributed by atoms with van der Waals surface area (Å²) in [5.74, 6) is 1.58. The molecule has 0 bridgehead atoms. The molecule has 0 fully saturated rings. The standard InChI is InChI=1S/C21H25NO2/c1-16(2)9-12-19-20(23-3)13-18(14-21(19)24-15-22)11-10-17-7-5-4-6-8-17/h4-8,10-11,13-14H,1,9,12,15,22H2,2-3H3/b11-10+. The van der Waals surface area contributed by atoms with Crippen LogP contribution < -0.4 is 15.2 Å². The average Bonchev–Trinajstić information content (AvgIpc) is 2.59. The summed E-state index contributed by atoms with van der Waals surface area (Å²) in [6.45, 7) is 6.12. The molecule has 0 atom stereocenters. The molecule has 2 aromatic carbocycles. The van der Waals surface area contributed by atoms with Crippen LogP contribution in [0.3, 0.4) is 0 Å². The van der Waals surface area contributed by atoms with Crippen LogP contribution in [-0.4, -0.2) is 13.8 Å². The topological polar surface area (TPSA) is 44.5 Å². The third-order valence-electron chi connectivity index (χ3n) is 3.72. The molecule has 0 saturated carbocycles. The first kappa shape index (κ1) is 17.8. The Hall–Kier alpha value is -2.52. The molecule has 2 N–H and O–H groups in total. The summed E-state index contributed by atoms with van der Waals surface area (Å²) in [6.07, 6.45) is 5.81. The SMILES string of the molecule is C=C(C)CCc1c(OC)cc(/C=C/c2ccccc2)cc1OCN. The van der Waals surface area contributed by atoms with E-state index in [9.17, 15) is 0 Å². The second-order valence-electron chi connectivity index (χ2n) is 5.71. The lowest BCUT2D eigenvalue weighted by Gasteiger charge is -2.15. The van der Waals surface area contributed by atoms with Crippen LogP contribution in [0.1, 0.15) is 30.0 Å². The maximum atomic E-state index is 5.64. The van der Waals surface area contributed by atoms with Gasteiger partial charge in [0.15, 0.2) is 0 Å². The van der Waals surface area contributed by atoms with Crippen LogP contribution in [0.2, 0.25) is 0 Å². The predicted octanol–water partition coefficient (Wildman–Crippen LogP) is 4.67. The molecule has 126 valence electrons. The summed E-state index contributed by atoms with van der Waals surface area (Å²) in [5.41, 5.74) is 9.91. The number of rotatable bonds is 8. The van der Waals surface area contributed by atoms with Crippen molar-refractivity contribution in [3.63, 3.8) is 0 Å². The lowest BCUT2D eigenvalue weighted by Crippen LogP contribution is -2.10. The van der Waals surface area contributed by atoms with Crippen LogP contribution in [0, 0.1) is 0 Å². The number of ether oxygens (including phenoxy) is 2. The Balaban J connectivity index is 2.34. The van der Waals surface area contributed by atoms with Gasteiger partial charge in [0.05, 0.1) is 7.11 Å². The van der Waals surface area contributed by atoms with E-state index >= 15 is 0 Å². The van der Waals surface area contributed by atoms with Crippen molar-refractivity contribution in [2.45, 2.75) is 19.8 Å². The molecule has 3 nitrogen and oxygen atoms in total. The van der Waals surface area contributed by atoms with E-state index in [4.69, 9.17) is 15.2 Å². The molecular formula is C21H25NO2. The van der Waals surface area contributed by atoms with Crippen molar-refractivity contribution in [3.05, 3.63) is 71.3 Å². The van der Waals surface area contributed by atoms with Gasteiger partial charge in [0, 0.05) is 5.56 Å². The van der Waals surface area contributed by atoms with Gasteiger partial charge in [-0.25, -0.2) is 0 Å². The molecule has 0 saturated heterocycles. The molecule has 0 aliphatic rings. The third kappa shape index (κ3) is 5.00. The quantitative estimate of drug-likeness (QED) is 0.436. The molecule has 0 aromatic heterocycles. The lowest BCUT2D eigenvalue weighted by molar-refractivity contribution is 0.321. The van der Waals surface area contributed by atoms with Crippen molar-refractivity contribution in [1.82, 2.24) is 0 Å². The van der Waals surface area contributed by atoms with Crippen molar-refractivity contribution in [2.75, 3.05) is 13.8 Å². The van der Waals surface area contributed by atoms with Crippen LogP contribution >= 0.6 is 0 Å². The van der Waals surface area contributed by atoms with Crippen molar-refractivity contribution in [3.8, 4) is 11.5 Å². The normalized spacial score (nSPS) is 10.8. The van der Waals surface area contributed by atoms with Crippen molar-refractivity contribution >= 4 is 12.2 Å². The number of nitrogens with two attached hydrogens (primary N) is 1. The fourth-order valence-electron chi connectivity index (χ4n) is 2.48. The second-order valence-corrected chi connectivity index (χ2v) is 5.71. The maximum Gasteiger partial charge on any atom is 0.137 e. The molecule has 0 amide bonds. The highest BCUT2D eigenvalue weighted by atomic mass is 16.5. The Bertz CT molecular complexity index is 705. The molecule has 0 spiro atoms.